The number of amides is 1. The second kappa shape index (κ2) is 6.51. The topological polar surface area (TPSA) is 76.6 Å². The lowest BCUT2D eigenvalue weighted by Gasteiger charge is -2.16. The zero-order valence-electron chi connectivity index (χ0n) is 13.0. The van der Waals surface area contributed by atoms with E-state index in [0.717, 1.165) is 11.3 Å². The van der Waals surface area contributed by atoms with Gasteiger partial charge in [0.2, 0.25) is 5.95 Å². The number of cyclic esters (lactones) is 1. The van der Waals surface area contributed by atoms with Gasteiger partial charge in [0.05, 0.1) is 19.7 Å². The monoisotopic (exact) mass is 314 g/mol. The fraction of sp³-hybridized carbons (Fsp3) is 0.312. The number of aromatic nitrogens is 2. The van der Waals surface area contributed by atoms with E-state index in [1.165, 1.54) is 4.90 Å². The third-order valence-electron chi connectivity index (χ3n) is 3.64. The Morgan fingerprint density at radius 3 is 2.74 bits per heavy atom. The molecule has 0 bridgehead atoms. The lowest BCUT2D eigenvalue weighted by Crippen LogP contribution is -2.25. The van der Waals surface area contributed by atoms with Crippen molar-refractivity contribution in [3.63, 3.8) is 0 Å². The number of methoxy groups -OCH3 is 1. The van der Waals surface area contributed by atoms with Gasteiger partial charge in [0.25, 0.3) is 0 Å². The van der Waals surface area contributed by atoms with Gasteiger partial charge in [-0.2, -0.15) is 4.98 Å². The molecule has 0 unspecified atom stereocenters. The van der Waals surface area contributed by atoms with Crippen LogP contribution in [0.2, 0.25) is 0 Å². The van der Waals surface area contributed by atoms with Crippen LogP contribution in [0.3, 0.4) is 0 Å². The summed E-state index contributed by atoms with van der Waals surface area (Å²) in [7, 11) is 1.64. The van der Waals surface area contributed by atoms with Gasteiger partial charge >= 0.3 is 6.09 Å². The van der Waals surface area contributed by atoms with E-state index >= 15 is 0 Å². The first kappa shape index (κ1) is 15.1. The molecule has 3 rings (SSSR count). The summed E-state index contributed by atoms with van der Waals surface area (Å²) in [4.78, 5) is 21.7. The molecule has 1 aromatic heterocycles. The Morgan fingerprint density at radius 2 is 2.09 bits per heavy atom. The summed E-state index contributed by atoms with van der Waals surface area (Å²) in [5.74, 6) is 1.81. The molecule has 120 valence electrons. The average Bonchev–Trinajstić information content (AvgIpc) is 3.01. The molecule has 0 spiro atoms. The fourth-order valence-electron chi connectivity index (χ4n) is 2.34. The van der Waals surface area contributed by atoms with Crippen LogP contribution >= 0.6 is 0 Å². The average molecular weight is 314 g/mol. The highest BCUT2D eigenvalue weighted by Crippen LogP contribution is 2.22. The van der Waals surface area contributed by atoms with E-state index in [9.17, 15) is 4.79 Å². The molecule has 1 N–H and O–H groups in total. The minimum atomic E-state index is -0.377. The summed E-state index contributed by atoms with van der Waals surface area (Å²) < 4.78 is 10.1. The zero-order chi connectivity index (χ0) is 16.2. The number of ether oxygens (including phenoxy) is 2. The summed E-state index contributed by atoms with van der Waals surface area (Å²) in [5.41, 5.74) is 1.08. The summed E-state index contributed by atoms with van der Waals surface area (Å²) in [6.45, 7) is 2.90. The van der Waals surface area contributed by atoms with Gasteiger partial charge in [-0.15, -0.1) is 0 Å². The minimum absolute atomic E-state index is 0.0154. The van der Waals surface area contributed by atoms with Crippen LogP contribution in [0, 0.1) is 0 Å². The molecule has 0 aliphatic carbocycles. The lowest BCUT2D eigenvalue weighted by atomic mass is 10.1. The van der Waals surface area contributed by atoms with Gasteiger partial charge in [0.15, 0.2) is 0 Å². The molecule has 0 radical (unpaired) electrons. The van der Waals surface area contributed by atoms with Crippen molar-refractivity contribution in [2.45, 2.75) is 13.0 Å². The molecule has 1 amide bonds. The standard InChI is InChI=1S/C16H18N4O3/c1-11(12-3-5-13(22-2)6-4-12)18-15-17-8-7-14(19-15)20-9-10-23-16(20)21/h3-8,11H,9-10H2,1-2H3,(H,17,18,19)/t11-/m0/s1. The van der Waals surface area contributed by atoms with E-state index in [4.69, 9.17) is 9.47 Å². The summed E-state index contributed by atoms with van der Waals surface area (Å²) in [5, 5.41) is 3.23. The van der Waals surface area contributed by atoms with Crippen LogP contribution in [0.5, 0.6) is 5.75 Å². The van der Waals surface area contributed by atoms with E-state index in [0.29, 0.717) is 24.9 Å². The van der Waals surface area contributed by atoms with E-state index in [2.05, 4.69) is 15.3 Å². The molecule has 2 heterocycles. The molecule has 1 saturated heterocycles. The van der Waals surface area contributed by atoms with Crippen LogP contribution in [-0.4, -0.2) is 36.3 Å². The van der Waals surface area contributed by atoms with Crippen molar-refractivity contribution in [2.75, 3.05) is 30.5 Å². The highest BCUT2D eigenvalue weighted by molar-refractivity contribution is 5.88. The molecule has 1 aliphatic heterocycles. The van der Waals surface area contributed by atoms with Crippen molar-refractivity contribution < 1.29 is 14.3 Å². The van der Waals surface area contributed by atoms with Gasteiger partial charge < -0.3 is 14.8 Å². The SMILES string of the molecule is COc1ccc([C@H](C)Nc2nccc(N3CCOC3=O)n2)cc1. The molecule has 7 nitrogen and oxygen atoms in total. The lowest BCUT2D eigenvalue weighted by molar-refractivity contribution is 0.181. The van der Waals surface area contributed by atoms with Gasteiger partial charge in [-0.3, -0.25) is 4.90 Å². The molecule has 0 saturated carbocycles. The van der Waals surface area contributed by atoms with E-state index in [-0.39, 0.29) is 12.1 Å². The largest absolute Gasteiger partial charge is 0.497 e. The smallest absolute Gasteiger partial charge is 0.415 e. The van der Waals surface area contributed by atoms with Crippen LogP contribution < -0.4 is 15.0 Å². The number of hydrogen-bond acceptors (Lipinski definition) is 6. The number of nitrogens with zero attached hydrogens (tertiary/aromatic N) is 3. The molecule has 1 atom stereocenters. The fourth-order valence-corrected chi connectivity index (χ4v) is 2.34. The highest BCUT2D eigenvalue weighted by atomic mass is 16.6. The number of rotatable bonds is 5. The third kappa shape index (κ3) is 3.33. The first-order valence-corrected chi connectivity index (χ1v) is 7.35. The quantitative estimate of drug-likeness (QED) is 0.914. The van der Waals surface area contributed by atoms with Crippen LogP contribution in [0.1, 0.15) is 18.5 Å². The van der Waals surface area contributed by atoms with Gasteiger partial charge in [0, 0.05) is 6.20 Å². The second-order valence-corrected chi connectivity index (χ2v) is 5.14. The molecule has 23 heavy (non-hydrogen) atoms. The van der Waals surface area contributed by atoms with Crippen molar-refractivity contribution in [1.29, 1.82) is 0 Å². The van der Waals surface area contributed by atoms with Crippen LogP contribution in [-0.2, 0) is 4.74 Å². The molecular formula is C16H18N4O3. The van der Waals surface area contributed by atoms with Crippen molar-refractivity contribution in [3.05, 3.63) is 42.1 Å². The first-order valence-electron chi connectivity index (χ1n) is 7.35. The summed E-state index contributed by atoms with van der Waals surface area (Å²) >= 11 is 0. The van der Waals surface area contributed by atoms with E-state index in [1.54, 1.807) is 19.4 Å². The van der Waals surface area contributed by atoms with E-state index in [1.807, 2.05) is 31.2 Å². The maximum atomic E-state index is 11.6. The Balaban J connectivity index is 1.72. The Hall–Kier alpha value is -2.83. The Kier molecular flexibility index (Phi) is 4.27. The summed E-state index contributed by atoms with van der Waals surface area (Å²) in [6, 6.07) is 9.49. The van der Waals surface area contributed by atoms with Crippen molar-refractivity contribution in [3.8, 4) is 5.75 Å². The molecule has 1 fully saturated rings. The van der Waals surface area contributed by atoms with Crippen molar-refractivity contribution >= 4 is 17.9 Å². The normalized spacial score (nSPS) is 15.2. The minimum Gasteiger partial charge on any atom is -0.497 e. The number of benzene rings is 1. The Bertz CT molecular complexity index is 690. The number of nitrogens with one attached hydrogen (secondary N) is 1. The van der Waals surface area contributed by atoms with Gasteiger partial charge in [-0.25, -0.2) is 9.78 Å². The van der Waals surface area contributed by atoms with Gasteiger partial charge in [-0.1, -0.05) is 12.1 Å². The Labute approximate surface area is 134 Å². The third-order valence-corrected chi connectivity index (χ3v) is 3.64. The molecular weight excluding hydrogens is 296 g/mol. The maximum Gasteiger partial charge on any atom is 0.415 e. The first-order chi connectivity index (χ1) is 11.2. The molecule has 2 aromatic rings. The maximum absolute atomic E-state index is 11.6. The van der Waals surface area contributed by atoms with Crippen LogP contribution in [0.4, 0.5) is 16.6 Å². The second-order valence-electron chi connectivity index (χ2n) is 5.14. The zero-order valence-corrected chi connectivity index (χ0v) is 13.0. The van der Waals surface area contributed by atoms with Gasteiger partial charge in [0.1, 0.15) is 18.2 Å². The predicted molar refractivity (Wildman–Crippen MR) is 85.8 cm³/mol. The van der Waals surface area contributed by atoms with E-state index < -0.39 is 0 Å². The number of carbonyl (C=O) groups excluding carboxylic acids is 1. The number of carbonyl (C=O) groups is 1. The number of anilines is 2. The van der Waals surface area contributed by atoms with Crippen molar-refractivity contribution in [2.24, 2.45) is 0 Å². The van der Waals surface area contributed by atoms with Gasteiger partial charge in [-0.05, 0) is 30.7 Å². The van der Waals surface area contributed by atoms with Crippen molar-refractivity contribution in [1.82, 2.24) is 9.97 Å². The number of hydrogen-bond donors (Lipinski definition) is 1. The molecule has 7 heteroatoms. The Morgan fingerprint density at radius 1 is 1.30 bits per heavy atom. The highest BCUT2D eigenvalue weighted by Gasteiger charge is 2.25. The predicted octanol–water partition coefficient (Wildman–Crippen LogP) is 2.61. The molecule has 1 aliphatic rings. The van der Waals surface area contributed by atoms with Crippen LogP contribution in [0.15, 0.2) is 36.5 Å². The van der Waals surface area contributed by atoms with Crippen LogP contribution in [0.25, 0.3) is 0 Å². The summed E-state index contributed by atoms with van der Waals surface area (Å²) in [6.07, 6.45) is 1.25. The molecule has 1 aromatic carbocycles.